The SMILES string of the molecule is C=CCCCN(C)C(=O)c1n[nH]c(C2CC2)c1N. The normalized spacial score (nSPS) is 14.5. The first-order chi connectivity index (χ1) is 8.65. The molecule has 1 saturated carbocycles. The van der Waals surface area contributed by atoms with E-state index in [1.54, 1.807) is 11.9 Å². The average molecular weight is 248 g/mol. The molecule has 2 rings (SSSR count). The minimum atomic E-state index is -0.111. The van der Waals surface area contributed by atoms with Gasteiger partial charge < -0.3 is 10.6 Å². The highest BCUT2D eigenvalue weighted by atomic mass is 16.2. The van der Waals surface area contributed by atoms with Crippen molar-refractivity contribution in [3.8, 4) is 0 Å². The number of rotatable bonds is 6. The first kappa shape index (κ1) is 12.7. The Balaban J connectivity index is 2.01. The number of anilines is 1. The minimum Gasteiger partial charge on any atom is -0.395 e. The molecular weight excluding hydrogens is 228 g/mol. The number of carbonyl (C=O) groups is 1. The Hall–Kier alpha value is -1.78. The summed E-state index contributed by atoms with van der Waals surface area (Å²) in [6.45, 7) is 4.35. The quantitative estimate of drug-likeness (QED) is 0.596. The van der Waals surface area contributed by atoms with Crippen LogP contribution in [0.1, 0.15) is 47.8 Å². The van der Waals surface area contributed by atoms with Gasteiger partial charge in [0.15, 0.2) is 5.69 Å². The molecule has 1 aliphatic rings. The Morgan fingerprint density at radius 3 is 3.00 bits per heavy atom. The first-order valence-corrected chi connectivity index (χ1v) is 6.35. The third kappa shape index (κ3) is 2.55. The third-order valence-corrected chi connectivity index (χ3v) is 3.27. The van der Waals surface area contributed by atoms with Gasteiger partial charge in [0, 0.05) is 19.5 Å². The summed E-state index contributed by atoms with van der Waals surface area (Å²) >= 11 is 0. The van der Waals surface area contributed by atoms with Crippen molar-refractivity contribution >= 4 is 11.6 Å². The molecule has 5 heteroatoms. The molecule has 98 valence electrons. The highest BCUT2D eigenvalue weighted by Gasteiger charge is 2.30. The topological polar surface area (TPSA) is 75.0 Å². The fourth-order valence-electron chi connectivity index (χ4n) is 1.97. The van der Waals surface area contributed by atoms with Gasteiger partial charge >= 0.3 is 0 Å². The van der Waals surface area contributed by atoms with Gasteiger partial charge in [0.25, 0.3) is 5.91 Å². The van der Waals surface area contributed by atoms with Crippen LogP contribution in [0.4, 0.5) is 5.69 Å². The summed E-state index contributed by atoms with van der Waals surface area (Å²) in [7, 11) is 1.77. The van der Waals surface area contributed by atoms with Crippen molar-refractivity contribution in [2.75, 3.05) is 19.3 Å². The van der Waals surface area contributed by atoms with Gasteiger partial charge in [-0.25, -0.2) is 0 Å². The molecule has 1 fully saturated rings. The number of hydrogen-bond acceptors (Lipinski definition) is 3. The number of allylic oxidation sites excluding steroid dienone is 1. The number of nitrogens with one attached hydrogen (secondary N) is 1. The van der Waals surface area contributed by atoms with E-state index in [4.69, 9.17) is 5.73 Å². The molecule has 0 unspecified atom stereocenters. The number of H-pyrrole nitrogens is 1. The predicted molar refractivity (Wildman–Crippen MR) is 71.4 cm³/mol. The lowest BCUT2D eigenvalue weighted by Crippen LogP contribution is -2.28. The third-order valence-electron chi connectivity index (χ3n) is 3.27. The van der Waals surface area contributed by atoms with Crippen LogP contribution in [-0.2, 0) is 0 Å². The van der Waals surface area contributed by atoms with Gasteiger partial charge in [-0.05, 0) is 25.7 Å². The highest BCUT2D eigenvalue weighted by molar-refractivity contribution is 5.97. The van der Waals surface area contributed by atoms with Gasteiger partial charge in [0.2, 0.25) is 0 Å². The van der Waals surface area contributed by atoms with Crippen LogP contribution in [0.2, 0.25) is 0 Å². The molecule has 1 aliphatic carbocycles. The molecule has 0 atom stereocenters. The van der Waals surface area contributed by atoms with Crippen LogP contribution in [0.5, 0.6) is 0 Å². The molecule has 1 aromatic rings. The van der Waals surface area contributed by atoms with E-state index >= 15 is 0 Å². The van der Waals surface area contributed by atoms with E-state index in [1.807, 2.05) is 6.08 Å². The van der Waals surface area contributed by atoms with Crippen molar-refractivity contribution in [1.82, 2.24) is 15.1 Å². The second kappa shape index (κ2) is 5.25. The first-order valence-electron chi connectivity index (χ1n) is 6.35. The molecule has 18 heavy (non-hydrogen) atoms. The van der Waals surface area contributed by atoms with E-state index in [1.165, 1.54) is 0 Å². The second-order valence-electron chi connectivity index (χ2n) is 4.83. The van der Waals surface area contributed by atoms with Crippen molar-refractivity contribution in [2.24, 2.45) is 0 Å². The minimum absolute atomic E-state index is 0.111. The van der Waals surface area contributed by atoms with E-state index in [2.05, 4.69) is 16.8 Å². The summed E-state index contributed by atoms with van der Waals surface area (Å²) < 4.78 is 0. The van der Waals surface area contributed by atoms with Gasteiger partial charge in [-0.15, -0.1) is 6.58 Å². The van der Waals surface area contributed by atoms with E-state index in [0.717, 1.165) is 31.4 Å². The monoisotopic (exact) mass is 248 g/mol. The smallest absolute Gasteiger partial charge is 0.276 e. The number of nitrogens with two attached hydrogens (primary N) is 1. The number of aromatic nitrogens is 2. The van der Waals surface area contributed by atoms with Gasteiger partial charge in [0.1, 0.15) is 0 Å². The summed E-state index contributed by atoms with van der Waals surface area (Å²) in [4.78, 5) is 13.8. The molecule has 1 amide bonds. The Labute approximate surface area is 107 Å². The van der Waals surface area contributed by atoms with Crippen LogP contribution in [-0.4, -0.2) is 34.6 Å². The average Bonchev–Trinajstić information content (AvgIpc) is 3.12. The van der Waals surface area contributed by atoms with Crippen LogP contribution in [0.25, 0.3) is 0 Å². The van der Waals surface area contributed by atoms with E-state index in [0.29, 0.717) is 23.8 Å². The summed E-state index contributed by atoms with van der Waals surface area (Å²) in [5.74, 6) is 0.366. The summed E-state index contributed by atoms with van der Waals surface area (Å²) in [5.41, 5.74) is 7.79. The molecule has 5 nitrogen and oxygen atoms in total. The van der Waals surface area contributed by atoms with E-state index in [9.17, 15) is 4.79 Å². The number of carbonyl (C=O) groups excluding carboxylic acids is 1. The Kier molecular flexibility index (Phi) is 3.69. The molecule has 1 aromatic heterocycles. The van der Waals surface area contributed by atoms with E-state index < -0.39 is 0 Å². The van der Waals surface area contributed by atoms with Gasteiger partial charge in [-0.2, -0.15) is 5.10 Å². The Bertz CT molecular complexity index is 448. The fourth-order valence-corrected chi connectivity index (χ4v) is 1.97. The standard InChI is InChI=1S/C13H20N4O/c1-3-4-5-8-17(2)13(18)12-10(14)11(15-16-12)9-6-7-9/h3,9H,1,4-8,14H2,2H3,(H,15,16). The van der Waals surface area contributed by atoms with Crippen LogP contribution in [0, 0.1) is 0 Å². The van der Waals surface area contributed by atoms with Crippen LogP contribution in [0.3, 0.4) is 0 Å². The molecule has 0 aliphatic heterocycles. The molecule has 0 aromatic carbocycles. The molecule has 1 heterocycles. The lowest BCUT2D eigenvalue weighted by Gasteiger charge is -2.15. The van der Waals surface area contributed by atoms with Crippen LogP contribution < -0.4 is 5.73 Å². The maximum absolute atomic E-state index is 12.2. The molecule has 0 radical (unpaired) electrons. The van der Waals surface area contributed by atoms with Gasteiger partial charge in [0.05, 0.1) is 11.4 Å². The number of nitrogen functional groups attached to an aromatic ring is 1. The highest BCUT2D eigenvalue weighted by Crippen LogP contribution is 2.42. The second-order valence-corrected chi connectivity index (χ2v) is 4.83. The number of amides is 1. The largest absolute Gasteiger partial charge is 0.395 e. The van der Waals surface area contributed by atoms with E-state index in [-0.39, 0.29) is 5.91 Å². The summed E-state index contributed by atoms with van der Waals surface area (Å²) in [6, 6.07) is 0. The number of hydrogen-bond donors (Lipinski definition) is 2. The molecule has 0 saturated heterocycles. The number of nitrogens with zero attached hydrogens (tertiary/aromatic N) is 2. The zero-order valence-corrected chi connectivity index (χ0v) is 10.8. The number of unbranched alkanes of at least 4 members (excludes halogenated alkanes) is 1. The van der Waals surface area contributed by atoms with Gasteiger partial charge in [-0.1, -0.05) is 6.08 Å². The van der Waals surface area contributed by atoms with Crippen LogP contribution >= 0.6 is 0 Å². The van der Waals surface area contributed by atoms with Crippen molar-refractivity contribution < 1.29 is 4.79 Å². The number of aromatic amines is 1. The molecule has 0 bridgehead atoms. The summed E-state index contributed by atoms with van der Waals surface area (Å²) in [5, 5.41) is 6.97. The molecule has 0 spiro atoms. The maximum Gasteiger partial charge on any atom is 0.276 e. The van der Waals surface area contributed by atoms with Crippen molar-refractivity contribution in [3.63, 3.8) is 0 Å². The Morgan fingerprint density at radius 2 is 2.39 bits per heavy atom. The van der Waals surface area contributed by atoms with Crippen molar-refractivity contribution in [3.05, 3.63) is 24.0 Å². The molecular formula is C13H20N4O. The fraction of sp³-hybridized carbons (Fsp3) is 0.538. The van der Waals surface area contributed by atoms with Crippen molar-refractivity contribution in [1.29, 1.82) is 0 Å². The zero-order chi connectivity index (χ0) is 13.1. The molecule has 3 N–H and O–H groups in total. The lowest BCUT2D eigenvalue weighted by atomic mass is 10.2. The zero-order valence-electron chi connectivity index (χ0n) is 10.8. The lowest BCUT2D eigenvalue weighted by molar-refractivity contribution is 0.0789. The van der Waals surface area contributed by atoms with Crippen LogP contribution in [0.15, 0.2) is 12.7 Å². The Morgan fingerprint density at radius 1 is 1.67 bits per heavy atom. The summed E-state index contributed by atoms with van der Waals surface area (Å²) in [6.07, 6.45) is 5.93. The maximum atomic E-state index is 12.2. The predicted octanol–water partition coefficient (Wildman–Crippen LogP) is 1.91. The van der Waals surface area contributed by atoms with Crippen molar-refractivity contribution in [2.45, 2.75) is 31.6 Å². The van der Waals surface area contributed by atoms with Gasteiger partial charge in [-0.3, -0.25) is 9.89 Å².